The second-order valence-corrected chi connectivity index (χ2v) is 7.48. The van der Waals surface area contributed by atoms with Crippen LogP contribution in [0.2, 0.25) is 0 Å². The molecule has 0 unspecified atom stereocenters. The Labute approximate surface area is 148 Å². The smallest absolute Gasteiger partial charge is 0.169 e. The largest absolute Gasteiger partial charge is 0.389 e. The molecule has 1 aromatic carbocycles. The highest BCUT2D eigenvalue weighted by Gasteiger charge is 2.47. The highest BCUT2D eigenvalue weighted by Crippen LogP contribution is 2.50. The van der Waals surface area contributed by atoms with E-state index >= 15 is 0 Å². The highest BCUT2D eigenvalue weighted by atomic mass is 19.1. The first-order chi connectivity index (χ1) is 11.9. The van der Waals surface area contributed by atoms with Gasteiger partial charge in [-0.25, -0.2) is 4.39 Å². The molecule has 0 saturated carbocycles. The summed E-state index contributed by atoms with van der Waals surface area (Å²) in [6, 6.07) is 4.91. The van der Waals surface area contributed by atoms with Crippen LogP contribution in [0, 0.1) is 18.7 Å². The van der Waals surface area contributed by atoms with Gasteiger partial charge in [0.15, 0.2) is 5.78 Å². The van der Waals surface area contributed by atoms with Crippen molar-refractivity contribution < 1.29 is 14.3 Å². The van der Waals surface area contributed by atoms with Crippen molar-refractivity contribution in [1.82, 2.24) is 0 Å². The van der Waals surface area contributed by atoms with E-state index < -0.39 is 12.0 Å². The number of allylic oxidation sites excluding steroid dienone is 6. The molecule has 132 valence electrons. The van der Waals surface area contributed by atoms with Crippen LogP contribution >= 0.6 is 0 Å². The van der Waals surface area contributed by atoms with Gasteiger partial charge in [0.1, 0.15) is 12.4 Å². The standard InChI is InChI=1S/C22H25FO2/c1-14(2)10-16-6-4-7-17-11-22(12-18(16)17,21(25)13-24)19-8-5-9-20(23)15(19)3/h4-5,7-10,14,24H,6,11-13H2,1-3H3/b16-10-/t22-/m0/s1. The first-order valence-corrected chi connectivity index (χ1v) is 8.88. The van der Waals surface area contributed by atoms with E-state index in [0.29, 0.717) is 29.9 Å². The molecule has 0 radical (unpaired) electrons. The van der Waals surface area contributed by atoms with Gasteiger partial charge in [-0.2, -0.15) is 0 Å². The number of benzene rings is 1. The van der Waals surface area contributed by atoms with Crippen molar-refractivity contribution in [3.63, 3.8) is 0 Å². The summed E-state index contributed by atoms with van der Waals surface area (Å²) in [5.41, 5.74) is 3.94. The van der Waals surface area contributed by atoms with Crippen LogP contribution in [-0.4, -0.2) is 17.5 Å². The van der Waals surface area contributed by atoms with E-state index in [4.69, 9.17) is 0 Å². The number of Topliss-reactive ketones (excluding diaryl/α,β-unsaturated/α-hetero) is 1. The zero-order valence-corrected chi connectivity index (χ0v) is 15.1. The average molecular weight is 340 g/mol. The highest BCUT2D eigenvalue weighted by molar-refractivity contribution is 5.93. The summed E-state index contributed by atoms with van der Waals surface area (Å²) >= 11 is 0. The molecule has 0 saturated heterocycles. The lowest BCUT2D eigenvalue weighted by Crippen LogP contribution is -2.37. The second kappa shape index (κ2) is 6.72. The van der Waals surface area contributed by atoms with Gasteiger partial charge in [0.2, 0.25) is 0 Å². The molecular weight excluding hydrogens is 315 g/mol. The number of aliphatic hydroxyl groups excluding tert-OH is 1. The Balaban J connectivity index is 2.11. The van der Waals surface area contributed by atoms with Crippen molar-refractivity contribution in [3.8, 4) is 0 Å². The number of halogens is 1. The molecule has 0 fully saturated rings. The van der Waals surface area contributed by atoms with Crippen molar-refractivity contribution in [3.05, 3.63) is 70.1 Å². The molecule has 0 aliphatic heterocycles. The van der Waals surface area contributed by atoms with Crippen molar-refractivity contribution in [1.29, 1.82) is 0 Å². The summed E-state index contributed by atoms with van der Waals surface area (Å²) in [7, 11) is 0. The second-order valence-electron chi connectivity index (χ2n) is 7.48. The molecule has 2 aliphatic rings. The van der Waals surface area contributed by atoms with E-state index in [-0.39, 0.29) is 11.6 Å². The lowest BCUT2D eigenvalue weighted by molar-refractivity contribution is -0.127. The summed E-state index contributed by atoms with van der Waals surface area (Å²) in [4.78, 5) is 12.8. The van der Waals surface area contributed by atoms with E-state index in [1.807, 2.05) is 6.07 Å². The number of hydrogen-bond donors (Lipinski definition) is 1. The van der Waals surface area contributed by atoms with E-state index in [9.17, 15) is 14.3 Å². The molecule has 0 bridgehead atoms. The van der Waals surface area contributed by atoms with Gasteiger partial charge in [-0.3, -0.25) is 4.79 Å². The monoisotopic (exact) mass is 340 g/mol. The summed E-state index contributed by atoms with van der Waals surface area (Å²) in [5, 5.41) is 9.63. The first kappa shape index (κ1) is 17.8. The minimum absolute atomic E-state index is 0.229. The average Bonchev–Trinajstić information content (AvgIpc) is 2.98. The predicted octanol–water partition coefficient (Wildman–Crippen LogP) is 4.57. The maximum Gasteiger partial charge on any atom is 0.169 e. The van der Waals surface area contributed by atoms with Gasteiger partial charge < -0.3 is 5.11 Å². The maximum atomic E-state index is 14.2. The van der Waals surface area contributed by atoms with Crippen LogP contribution < -0.4 is 0 Å². The molecule has 3 heteroatoms. The maximum absolute atomic E-state index is 14.2. The summed E-state index contributed by atoms with van der Waals surface area (Å²) in [6.45, 7) is 5.48. The SMILES string of the molecule is Cc1c(F)cccc1[C@]1(C(=O)CO)CC2=C(C1)/C(=C\C(C)C)CC=C2. The molecule has 2 aliphatic carbocycles. The van der Waals surface area contributed by atoms with Crippen LogP contribution in [0.5, 0.6) is 0 Å². The van der Waals surface area contributed by atoms with E-state index in [1.165, 1.54) is 17.2 Å². The molecule has 1 N–H and O–H groups in total. The van der Waals surface area contributed by atoms with Gasteiger partial charge >= 0.3 is 0 Å². The van der Waals surface area contributed by atoms with Gasteiger partial charge in [0, 0.05) is 0 Å². The molecule has 0 amide bonds. The third-order valence-corrected chi connectivity index (χ3v) is 5.40. The lowest BCUT2D eigenvalue weighted by Gasteiger charge is -2.30. The number of carbonyl (C=O) groups excluding carboxylic acids is 1. The van der Waals surface area contributed by atoms with E-state index in [1.54, 1.807) is 13.0 Å². The Morgan fingerprint density at radius 1 is 1.36 bits per heavy atom. The Morgan fingerprint density at radius 2 is 2.12 bits per heavy atom. The van der Waals surface area contributed by atoms with Crippen molar-refractivity contribution in [2.24, 2.45) is 5.92 Å². The molecule has 2 nitrogen and oxygen atoms in total. The molecule has 0 aromatic heterocycles. The normalized spacial score (nSPS) is 24.3. The van der Waals surface area contributed by atoms with Crippen LogP contribution in [0.1, 0.15) is 44.2 Å². The summed E-state index contributed by atoms with van der Waals surface area (Å²) in [5.74, 6) is -0.108. The van der Waals surface area contributed by atoms with Gasteiger partial charge in [0.25, 0.3) is 0 Å². The van der Waals surface area contributed by atoms with Gasteiger partial charge in [-0.1, -0.05) is 44.2 Å². The van der Waals surface area contributed by atoms with Crippen LogP contribution in [0.3, 0.4) is 0 Å². The Morgan fingerprint density at radius 3 is 2.80 bits per heavy atom. The third kappa shape index (κ3) is 3.02. The summed E-state index contributed by atoms with van der Waals surface area (Å²) in [6.07, 6.45) is 8.39. The molecule has 1 atom stereocenters. The van der Waals surface area contributed by atoms with Gasteiger partial charge in [-0.05, 0) is 66.0 Å². The minimum atomic E-state index is -0.865. The molecule has 3 rings (SSSR count). The number of carbonyl (C=O) groups is 1. The third-order valence-electron chi connectivity index (χ3n) is 5.40. The Kier molecular flexibility index (Phi) is 4.79. The fourth-order valence-electron chi connectivity index (χ4n) is 4.23. The fraction of sp³-hybridized carbons (Fsp3) is 0.409. The van der Waals surface area contributed by atoms with Crippen molar-refractivity contribution >= 4 is 5.78 Å². The van der Waals surface area contributed by atoms with Gasteiger partial charge in [0.05, 0.1) is 5.41 Å². The van der Waals surface area contributed by atoms with Crippen molar-refractivity contribution in [2.75, 3.05) is 6.61 Å². The van der Waals surface area contributed by atoms with Crippen LogP contribution in [-0.2, 0) is 10.2 Å². The molecule has 1 aromatic rings. The minimum Gasteiger partial charge on any atom is -0.389 e. The van der Waals surface area contributed by atoms with Crippen molar-refractivity contribution in [2.45, 2.75) is 45.4 Å². The molecular formula is C22H25FO2. The van der Waals surface area contributed by atoms with Crippen LogP contribution in [0.4, 0.5) is 4.39 Å². The lowest BCUT2D eigenvalue weighted by atomic mass is 9.71. The number of hydrogen-bond acceptors (Lipinski definition) is 2. The predicted molar refractivity (Wildman–Crippen MR) is 97.8 cm³/mol. The number of ketones is 1. The quantitative estimate of drug-likeness (QED) is 0.872. The van der Waals surface area contributed by atoms with Gasteiger partial charge in [-0.15, -0.1) is 0 Å². The van der Waals surface area contributed by atoms with E-state index in [0.717, 1.165) is 12.0 Å². The summed E-state index contributed by atoms with van der Waals surface area (Å²) < 4.78 is 14.2. The van der Waals surface area contributed by atoms with Crippen LogP contribution in [0.15, 0.2) is 53.1 Å². The zero-order valence-electron chi connectivity index (χ0n) is 15.1. The molecule has 0 spiro atoms. The van der Waals surface area contributed by atoms with E-state index in [2.05, 4.69) is 32.1 Å². The Hall–Kier alpha value is -2.00. The molecule has 0 heterocycles. The zero-order chi connectivity index (χ0) is 18.2. The van der Waals surface area contributed by atoms with Crippen LogP contribution in [0.25, 0.3) is 0 Å². The fourth-order valence-corrected chi connectivity index (χ4v) is 4.23. The first-order valence-electron chi connectivity index (χ1n) is 8.88. The number of aliphatic hydroxyl groups is 1. The molecule has 25 heavy (non-hydrogen) atoms. The number of rotatable bonds is 4. The Bertz CT molecular complexity index is 798. The topological polar surface area (TPSA) is 37.3 Å².